The van der Waals surface area contributed by atoms with E-state index >= 15 is 0 Å². The summed E-state index contributed by atoms with van der Waals surface area (Å²) in [6, 6.07) is 3.70. The molecule has 1 aromatic rings. The van der Waals surface area contributed by atoms with Gasteiger partial charge in [0.2, 0.25) is 0 Å². The van der Waals surface area contributed by atoms with Crippen LogP contribution in [0.2, 0.25) is 0 Å². The molecule has 0 saturated carbocycles. The van der Waals surface area contributed by atoms with E-state index in [1.807, 2.05) is 19.1 Å². The molecular weight excluding hydrogens is 246 g/mol. The molecule has 0 unspecified atom stereocenters. The highest BCUT2D eigenvalue weighted by atomic mass is 79.9. The predicted octanol–water partition coefficient (Wildman–Crippen LogP) is 2.26. The fourth-order valence-electron chi connectivity index (χ4n) is 1.11. The molecule has 3 nitrogen and oxygen atoms in total. The van der Waals surface area contributed by atoms with Gasteiger partial charge in [0, 0.05) is 5.69 Å². The lowest BCUT2D eigenvalue weighted by Crippen LogP contribution is -2.09. The van der Waals surface area contributed by atoms with Crippen molar-refractivity contribution in [1.29, 1.82) is 0 Å². The van der Waals surface area contributed by atoms with Crippen molar-refractivity contribution in [3.8, 4) is 0 Å². The zero-order valence-corrected chi connectivity index (χ0v) is 9.80. The topological polar surface area (TPSA) is 39.2 Å². The molecule has 0 bridgehead atoms. The van der Waals surface area contributed by atoms with Gasteiger partial charge in [0.25, 0.3) is 0 Å². The second-order valence-electron chi connectivity index (χ2n) is 2.86. The van der Waals surface area contributed by atoms with Gasteiger partial charge in [0.05, 0.1) is 13.0 Å². The summed E-state index contributed by atoms with van der Waals surface area (Å²) in [5.41, 5.74) is 1.76. The average molecular weight is 258 g/mol. The smallest absolute Gasteiger partial charge is 0.310 e. The number of carbonyl (C=O) groups is 1. The highest BCUT2D eigenvalue weighted by Gasteiger charge is 2.07. The molecule has 0 saturated heterocycles. The highest BCUT2D eigenvalue weighted by Crippen LogP contribution is 2.12. The number of halogens is 1. The maximum absolute atomic E-state index is 11.2. The number of esters is 1. The Morgan fingerprint density at radius 1 is 1.57 bits per heavy atom. The van der Waals surface area contributed by atoms with Crippen molar-refractivity contribution >= 4 is 21.9 Å². The van der Waals surface area contributed by atoms with Crippen molar-refractivity contribution < 1.29 is 9.53 Å². The Kier molecular flexibility index (Phi) is 4.07. The molecule has 0 N–H and O–H groups in total. The molecule has 0 aliphatic rings. The van der Waals surface area contributed by atoms with Crippen LogP contribution in [0.3, 0.4) is 0 Å². The van der Waals surface area contributed by atoms with Crippen LogP contribution in [-0.4, -0.2) is 17.6 Å². The van der Waals surface area contributed by atoms with E-state index in [9.17, 15) is 4.79 Å². The third-order valence-electron chi connectivity index (χ3n) is 1.80. The molecule has 0 aromatic carbocycles. The number of aryl methyl sites for hydroxylation is 1. The number of ether oxygens (including phenoxy) is 1. The lowest BCUT2D eigenvalue weighted by molar-refractivity contribution is -0.142. The van der Waals surface area contributed by atoms with Crippen LogP contribution in [0, 0.1) is 6.92 Å². The Morgan fingerprint density at radius 3 is 2.86 bits per heavy atom. The van der Waals surface area contributed by atoms with Gasteiger partial charge in [-0.25, -0.2) is 4.98 Å². The van der Waals surface area contributed by atoms with Crippen LogP contribution in [0.1, 0.15) is 18.2 Å². The predicted molar refractivity (Wildman–Crippen MR) is 57.0 cm³/mol. The summed E-state index contributed by atoms with van der Waals surface area (Å²) >= 11 is 3.27. The van der Waals surface area contributed by atoms with E-state index in [2.05, 4.69) is 20.9 Å². The number of rotatable bonds is 3. The van der Waals surface area contributed by atoms with Crippen molar-refractivity contribution in [2.24, 2.45) is 0 Å². The molecule has 0 spiro atoms. The molecule has 0 aliphatic carbocycles. The molecule has 0 aliphatic heterocycles. The number of nitrogens with zero attached hydrogens (tertiary/aromatic N) is 1. The van der Waals surface area contributed by atoms with Crippen LogP contribution < -0.4 is 0 Å². The van der Waals surface area contributed by atoms with Gasteiger partial charge in [0.15, 0.2) is 0 Å². The lowest BCUT2D eigenvalue weighted by Gasteiger charge is -2.04. The summed E-state index contributed by atoms with van der Waals surface area (Å²) in [7, 11) is 0. The third kappa shape index (κ3) is 3.10. The molecule has 1 aromatic heterocycles. The van der Waals surface area contributed by atoms with Gasteiger partial charge in [-0.1, -0.05) is 6.07 Å². The third-order valence-corrected chi connectivity index (χ3v) is 2.24. The van der Waals surface area contributed by atoms with E-state index in [1.54, 1.807) is 6.92 Å². The van der Waals surface area contributed by atoms with Gasteiger partial charge in [-0.3, -0.25) is 4.79 Å². The molecule has 0 atom stereocenters. The van der Waals surface area contributed by atoms with E-state index in [0.29, 0.717) is 13.0 Å². The van der Waals surface area contributed by atoms with Crippen molar-refractivity contribution in [2.45, 2.75) is 20.3 Å². The van der Waals surface area contributed by atoms with Gasteiger partial charge in [-0.2, -0.15) is 0 Å². The lowest BCUT2D eigenvalue weighted by atomic mass is 10.1. The molecule has 4 heteroatoms. The van der Waals surface area contributed by atoms with E-state index in [0.717, 1.165) is 15.9 Å². The van der Waals surface area contributed by atoms with Crippen molar-refractivity contribution in [3.63, 3.8) is 0 Å². The summed E-state index contributed by atoms with van der Waals surface area (Å²) in [4.78, 5) is 15.4. The van der Waals surface area contributed by atoms with Gasteiger partial charge < -0.3 is 4.74 Å². The van der Waals surface area contributed by atoms with Gasteiger partial charge in [0.1, 0.15) is 4.60 Å². The van der Waals surface area contributed by atoms with Crippen LogP contribution >= 0.6 is 15.9 Å². The fourth-order valence-corrected chi connectivity index (χ4v) is 1.51. The van der Waals surface area contributed by atoms with Gasteiger partial charge in [-0.15, -0.1) is 0 Å². The van der Waals surface area contributed by atoms with E-state index in [1.165, 1.54) is 0 Å². The SMILES string of the molecule is CCOC(=O)Cc1ccc(Br)nc1C. The van der Waals surface area contributed by atoms with Gasteiger partial charge in [-0.05, 0) is 41.4 Å². The maximum Gasteiger partial charge on any atom is 0.310 e. The minimum atomic E-state index is -0.209. The minimum absolute atomic E-state index is 0.209. The zero-order valence-electron chi connectivity index (χ0n) is 8.21. The first-order chi connectivity index (χ1) is 6.63. The van der Waals surface area contributed by atoms with Crippen LogP contribution in [0.25, 0.3) is 0 Å². The van der Waals surface area contributed by atoms with Crippen LogP contribution in [0.4, 0.5) is 0 Å². The van der Waals surface area contributed by atoms with E-state index in [-0.39, 0.29) is 5.97 Å². The molecule has 0 radical (unpaired) electrons. The Bertz CT molecular complexity index is 339. The first kappa shape index (κ1) is 11.2. The Labute approximate surface area is 91.6 Å². The summed E-state index contributed by atoms with van der Waals surface area (Å²) in [5, 5.41) is 0. The Balaban J connectivity index is 2.72. The first-order valence-electron chi connectivity index (χ1n) is 4.41. The molecule has 1 rings (SSSR count). The van der Waals surface area contributed by atoms with Crippen LogP contribution in [0.15, 0.2) is 16.7 Å². The Hall–Kier alpha value is -0.900. The van der Waals surface area contributed by atoms with E-state index in [4.69, 9.17) is 4.74 Å². The highest BCUT2D eigenvalue weighted by molar-refractivity contribution is 9.10. The number of carbonyl (C=O) groups excluding carboxylic acids is 1. The van der Waals surface area contributed by atoms with Crippen molar-refractivity contribution in [3.05, 3.63) is 28.0 Å². The van der Waals surface area contributed by atoms with Gasteiger partial charge >= 0.3 is 5.97 Å². The Morgan fingerprint density at radius 2 is 2.29 bits per heavy atom. The number of hydrogen-bond acceptors (Lipinski definition) is 3. The van der Waals surface area contributed by atoms with E-state index < -0.39 is 0 Å². The summed E-state index contributed by atoms with van der Waals surface area (Å²) in [6.07, 6.45) is 0.292. The molecule has 0 amide bonds. The summed E-state index contributed by atoms with van der Waals surface area (Å²) in [6.45, 7) is 4.09. The number of pyridine rings is 1. The first-order valence-corrected chi connectivity index (χ1v) is 5.20. The fraction of sp³-hybridized carbons (Fsp3) is 0.400. The molecule has 76 valence electrons. The number of aromatic nitrogens is 1. The van der Waals surface area contributed by atoms with Crippen LogP contribution in [-0.2, 0) is 16.0 Å². The summed E-state index contributed by atoms with van der Waals surface area (Å²) in [5.74, 6) is -0.209. The number of hydrogen-bond donors (Lipinski definition) is 0. The second-order valence-corrected chi connectivity index (χ2v) is 3.67. The molecule has 1 heterocycles. The standard InChI is InChI=1S/C10H12BrNO2/c1-3-14-10(13)6-8-4-5-9(11)12-7(8)2/h4-5H,3,6H2,1-2H3. The zero-order chi connectivity index (χ0) is 10.6. The van der Waals surface area contributed by atoms with Crippen molar-refractivity contribution in [2.75, 3.05) is 6.61 Å². The molecule has 14 heavy (non-hydrogen) atoms. The second kappa shape index (κ2) is 5.10. The molecule has 0 fully saturated rings. The average Bonchev–Trinajstić information content (AvgIpc) is 2.10. The maximum atomic E-state index is 11.2. The monoisotopic (exact) mass is 257 g/mol. The largest absolute Gasteiger partial charge is 0.466 e. The minimum Gasteiger partial charge on any atom is -0.466 e. The van der Waals surface area contributed by atoms with Crippen molar-refractivity contribution in [1.82, 2.24) is 4.98 Å². The molecular formula is C10H12BrNO2. The van der Waals surface area contributed by atoms with Crippen LogP contribution in [0.5, 0.6) is 0 Å². The normalized spacial score (nSPS) is 9.93. The quantitative estimate of drug-likeness (QED) is 0.616. The summed E-state index contributed by atoms with van der Waals surface area (Å²) < 4.78 is 5.63.